The maximum Gasteiger partial charge on any atom is 0.184 e. The summed E-state index contributed by atoms with van der Waals surface area (Å²) in [4.78, 5) is 0. The highest BCUT2D eigenvalue weighted by Gasteiger charge is 2.45. The molecule has 2 saturated heterocycles. The van der Waals surface area contributed by atoms with Crippen LogP contribution in [0.15, 0.2) is 60.7 Å². The standard InChI is InChI=1S/C20H22O5/c21-16-12-22-17-13-24-20(15-9-5-2-6-10-15)25-19(17)18(16)23-11-14-7-3-1-4-8-14/h1-10,16-21H,11-13H2/t16-,17-,18+,19+,20?/m1/s1/i12D/t12-,16-,17-,18+,19+,20?. The van der Waals surface area contributed by atoms with E-state index in [4.69, 9.17) is 20.3 Å². The van der Waals surface area contributed by atoms with E-state index in [1.807, 2.05) is 60.7 Å². The average molecular weight is 343 g/mol. The van der Waals surface area contributed by atoms with Gasteiger partial charge >= 0.3 is 0 Å². The normalized spacial score (nSPS) is 35.6. The Hall–Kier alpha value is -1.76. The van der Waals surface area contributed by atoms with Gasteiger partial charge in [0.15, 0.2) is 6.29 Å². The lowest BCUT2D eigenvalue weighted by Crippen LogP contribution is -2.59. The van der Waals surface area contributed by atoms with E-state index in [9.17, 15) is 5.11 Å². The molecule has 0 saturated carbocycles. The minimum atomic E-state index is -1.09. The van der Waals surface area contributed by atoms with Gasteiger partial charge < -0.3 is 24.1 Å². The van der Waals surface area contributed by atoms with Crippen LogP contribution in [0.3, 0.4) is 0 Å². The summed E-state index contributed by atoms with van der Waals surface area (Å²) in [5, 5.41) is 10.5. The van der Waals surface area contributed by atoms with Gasteiger partial charge in [-0.05, 0) is 5.56 Å². The van der Waals surface area contributed by atoms with Crippen molar-refractivity contribution >= 4 is 0 Å². The Bertz CT molecular complexity index is 698. The smallest absolute Gasteiger partial charge is 0.184 e. The number of fused-ring (bicyclic) bond motifs is 1. The molecule has 0 aromatic heterocycles. The van der Waals surface area contributed by atoms with E-state index < -0.39 is 37.3 Å². The zero-order chi connectivity index (χ0) is 17.9. The molecule has 2 fully saturated rings. The van der Waals surface area contributed by atoms with Crippen LogP contribution in [-0.4, -0.2) is 42.7 Å². The van der Waals surface area contributed by atoms with Gasteiger partial charge in [0.05, 0.1) is 21.2 Å². The molecule has 2 aromatic carbocycles. The molecule has 25 heavy (non-hydrogen) atoms. The molecule has 1 unspecified atom stereocenters. The van der Waals surface area contributed by atoms with Gasteiger partial charge in [0.1, 0.15) is 24.4 Å². The molecule has 5 nitrogen and oxygen atoms in total. The van der Waals surface area contributed by atoms with Crippen LogP contribution in [0, 0.1) is 0 Å². The van der Waals surface area contributed by atoms with Gasteiger partial charge in [-0.1, -0.05) is 60.7 Å². The molecular formula is C20H22O5. The number of hydrogen-bond acceptors (Lipinski definition) is 5. The number of hydrogen-bond donors (Lipinski definition) is 1. The lowest BCUT2D eigenvalue weighted by molar-refractivity contribution is -0.320. The fraction of sp³-hybridized carbons (Fsp3) is 0.400. The van der Waals surface area contributed by atoms with Gasteiger partial charge in [0.2, 0.25) is 0 Å². The Balaban J connectivity index is 1.50. The Labute approximate surface area is 148 Å². The maximum absolute atomic E-state index is 10.5. The van der Waals surface area contributed by atoms with Crippen molar-refractivity contribution < 1.29 is 25.4 Å². The number of benzene rings is 2. The van der Waals surface area contributed by atoms with E-state index in [1.54, 1.807) is 0 Å². The first kappa shape index (κ1) is 15.5. The van der Waals surface area contributed by atoms with E-state index in [2.05, 4.69) is 0 Å². The zero-order valence-electron chi connectivity index (χ0n) is 14.7. The van der Waals surface area contributed by atoms with Crippen LogP contribution in [0.4, 0.5) is 0 Å². The van der Waals surface area contributed by atoms with Crippen LogP contribution >= 0.6 is 0 Å². The summed E-state index contributed by atoms with van der Waals surface area (Å²) >= 11 is 0. The third-order valence-electron chi connectivity index (χ3n) is 4.47. The average Bonchev–Trinajstić information content (AvgIpc) is 2.69. The van der Waals surface area contributed by atoms with E-state index in [0.717, 1.165) is 11.1 Å². The zero-order valence-corrected chi connectivity index (χ0v) is 13.7. The first-order valence-corrected chi connectivity index (χ1v) is 8.45. The molecule has 6 atom stereocenters. The first-order valence-electron chi connectivity index (χ1n) is 9.03. The highest BCUT2D eigenvalue weighted by atomic mass is 16.7. The largest absolute Gasteiger partial charge is 0.388 e. The highest BCUT2D eigenvalue weighted by Crippen LogP contribution is 2.33. The Morgan fingerprint density at radius 3 is 2.52 bits per heavy atom. The minimum Gasteiger partial charge on any atom is -0.388 e. The van der Waals surface area contributed by atoms with Crippen molar-refractivity contribution in [2.75, 3.05) is 13.2 Å². The van der Waals surface area contributed by atoms with Crippen LogP contribution < -0.4 is 0 Å². The van der Waals surface area contributed by atoms with Crippen molar-refractivity contribution in [2.24, 2.45) is 0 Å². The molecule has 132 valence electrons. The summed E-state index contributed by atoms with van der Waals surface area (Å²) in [5.41, 5.74) is 1.89. The second-order valence-electron chi connectivity index (χ2n) is 6.24. The summed E-state index contributed by atoms with van der Waals surface area (Å²) in [5.74, 6) is 0. The quantitative estimate of drug-likeness (QED) is 0.924. The topological polar surface area (TPSA) is 57.2 Å². The summed E-state index contributed by atoms with van der Waals surface area (Å²) in [6.07, 6.45) is -3.24. The van der Waals surface area contributed by atoms with Crippen molar-refractivity contribution in [3.8, 4) is 0 Å². The summed E-state index contributed by atoms with van der Waals surface area (Å²) in [6.45, 7) is -0.464. The molecule has 4 rings (SSSR count). The van der Waals surface area contributed by atoms with E-state index in [1.165, 1.54) is 0 Å². The monoisotopic (exact) mass is 343 g/mol. The van der Waals surface area contributed by atoms with Gasteiger partial charge in [0.25, 0.3) is 0 Å². The number of ether oxygens (including phenoxy) is 4. The molecule has 0 radical (unpaired) electrons. The molecule has 2 aliphatic heterocycles. The van der Waals surface area contributed by atoms with Crippen LogP contribution in [0.1, 0.15) is 18.8 Å². The van der Waals surface area contributed by atoms with E-state index >= 15 is 0 Å². The number of aliphatic hydroxyl groups is 1. The molecule has 0 bridgehead atoms. The molecule has 2 aliphatic rings. The second kappa shape index (κ2) is 7.64. The van der Waals surface area contributed by atoms with E-state index in [0.29, 0.717) is 6.61 Å². The fourth-order valence-corrected chi connectivity index (χ4v) is 3.15. The van der Waals surface area contributed by atoms with Gasteiger partial charge in [-0.25, -0.2) is 0 Å². The van der Waals surface area contributed by atoms with Gasteiger partial charge in [-0.2, -0.15) is 0 Å². The molecule has 2 aromatic rings. The second-order valence-corrected chi connectivity index (χ2v) is 6.24. The SMILES string of the molecule is [2H][C@H]1O[C@@H]2COC(c3ccccc3)O[C@@H]2[C@@H](OCc2ccccc2)[C@@H]1O. The molecular weight excluding hydrogens is 320 g/mol. The van der Waals surface area contributed by atoms with Crippen molar-refractivity contribution in [3.63, 3.8) is 0 Å². The van der Waals surface area contributed by atoms with Gasteiger partial charge in [0, 0.05) is 5.56 Å². The van der Waals surface area contributed by atoms with Crippen molar-refractivity contribution in [3.05, 3.63) is 71.8 Å². The minimum absolute atomic E-state index is 0.289. The lowest BCUT2D eigenvalue weighted by atomic mass is 9.98. The van der Waals surface area contributed by atoms with Crippen molar-refractivity contribution in [1.82, 2.24) is 0 Å². The van der Waals surface area contributed by atoms with Gasteiger partial charge in [-0.3, -0.25) is 0 Å². The Kier molecular flexibility index (Phi) is 4.73. The summed E-state index contributed by atoms with van der Waals surface area (Å²) < 4.78 is 31.3. The molecule has 2 heterocycles. The lowest BCUT2D eigenvalue weighted by Gasteiger charge is -2.45. The third-order valence-corrected chi connectivity index (χ3v) is 4.47. The molecule has 5 heteroatoms. The van der Waals surface area contributed by atoms with Crippen LogP contribution in [-0.2, 0) is 25.6 Å². The molecule has 0 spiro atoms. The van der Waals surface area contributed by atoms with Crippen molar-refractivity contribution in [2.45, 2.75) is 37.3 Å². The first-order chi connectivity index (χ1) is 12.7. The number of aliphatic hydroxyl groups excluding tert-OH is 1. The molecule has 1 N–H and O–H groups in total. The van der Waals surface area contributed by atoms with E-state index in [-0.39, 0.29) is 6.61 Å². The maximum atomic E-state index is 10.5. The van der Waals surface area contributed by atoms with Crippen LogP contribution in [0.5, 0.6) is 0 Å². The van der Waals surface area contributed by atoms with Crippen LogP contribution in [0.25, 0.3) is 0 Å². The van der Waals surface area contributed by atoms with Gasteiger partial charge in [-0.15, -0.1) is 0 Å². The Morgan fingerprint density at radius 1 is 1.04 bits per heavy atom. The summed E-state index contributed by atoms with van der Waals surface area (Å²) in [7, 11) is 0. The Morgan fingerprint density at radius 2 is 1.76 bits per heavy atom. The number of rotatable bonds is 4. The fourth-order valence-electron chi connectivity index (χ4n) is 3.15. The predicted molar refractivity (Wildman–Crippen MR) is 90.8 cm³/mol. The molecule has 0 amide bonds. The third kappa shape index (κ3) is 3.76. The predicted octanol–water partition coefficient (Wildman–Crippen LogP) is 2.45. The van der Waals surface area contributed by atoms with Crippen molar-refractivity contribution in [1.29, 1.82) is 0 Å². The summed E-state index contributed by atoms with van der Waals surface area (Å²) in [6, 6.07) is 19.4. The van der Waals surface area contributed by atoms with Crippen LogP contribution in [0.2, 0.25) is 0 Å². The molecule has 0 aliphatic carbocycles. The highest BCUT2D eigenvalue weighted by molar-refractivity contribution is 5.17.